The lowest BCUT2D eigenvalue weighted by molar-refractivity contribution is 0.0722. The highest BCUT2D eigenvalue weighted by Crippen LogP contribution is 2.20. The van der Waals surface area contributed by atoms with Crippen LogP contribution >= 0.6 is 11.3 Å². The van der Waals surface area contributed by atoms with Gasteiger partial charge in [0.1, 0.15) is 11.4 Å². The summed E-state index contributed by atoms with van der Waals surface area (Å²) in [6, 6.07) is 1.88. The minimum Gasteiger partial charge on any atom is -0.382 e. The number of hydrogen-bond acceptors (Lipinski definition) is 7. The molecule has 0 fully saturated rings. The van der Waals surface area contributed by atoms with Crippen molar-refractivity contribution in [1.29, 1.82) is 0 Å². The molecule has 3 aromatic rings. The number of aromatic nitrogens is 6. The van der Waals surface area contributed by atoms with Crippen LogP contribution in [0, 0.1) is 0 Å². The van der Waals surface area contributed by atoms with Gasteiger partial charge < -0.3 is 9.47 Å². The number of nitrogens with zero attached hydrogens (tertiary/aromatic N) is 6. The fourth-order valence-corrected chi connectivity index (χ4v) is 2.74. The van der Waals surface area contributed by atoms with E-state index < -0.39 is 0 Å². The van der Waals surface area contributed by atoms with Gasteiger partial charge in [0.05, 0.1) is 31.0 Å². The predicted octanol–water partition coefficient (Wildman–Crippen LogP) is 1.33. The van der Waals surface area contributed by atoms with Crippen LogP contribution in [0.1, 0.15) is 5.01 Å². The Morgan fingerprint density at radius 3 is 2.91 bits per heavy atom. The SMILES string of the molecule is COCCOCCc1nc(-c2cn(-c3ccn(C)n3)nn2)cs1. The lowest BCUT2D eigenvalue weighted by atomic mass is 10.4. The first-order valence-electron chi connectivity index (χ1n) is 7.20. The lowest BCUT2D eigenvalue weighted by Crippen LogP contribution is -2.04. The number of ether oxygens (including phenoxy) is 2. The molecule has 0 radical (unpaired) electrons. The fraction of sp³-hybridized carbons (Fsp3) is 0.429. The molecule has 0 aliphatic carbocycles. The minimum atomic E-state index is 0.604. The zero-order valence-corrected chi connectivity index (χ0v) is 13.9. The Morgan fingerprint density at radius 1 is 1.22 bits per heavy atom. The van der Waals surface area contributed by atoms with Gasteiger partial charge in [-0.15, -0.1) is 16.4 Å². The van der Waals surface area contributed by atoms with E-state index >= 15 is 0 Å². The largest absolute Gasteiger partial charge is 0.382 e. The number of rotatable bonds is 8. The second-order valence-corrected chi connectivity index (χ2v) is 5.82. The fourth-order valence-electron chi connectivity index (χ4n) is 1.97. The number of aryl methyl sites for hydroxylation is 1. The second-order valence-electron chi connectivity index (χ2n) is 4.88. The maximum atomic E-state index is 5.46. The number of methoxy groups -OCH3 is 1. The van der Waals surface area contributed by atoms with Crippen LogP contribution in [-0.2, 0) is 22.9 Å². The van der Waals surface area contributed by atoms with Crippen LogP contribution < -0.4 is 0 Å². The van der Waals surface area contributed by atoms with Crippen molar-refractivity contribution in [3.8, 4) is 17.2 Å². The third-order valence-electron chi connectivity index (χ3n) is 3.13. The Bertz CT molecular complexity index is 750. The summed E-state index contributed by atoms with van der Waals surface area (Å²) >= 11 is 1.60. The molecule has 0 unspecified atom stereocenters. The maximum Gasteiger partial charge on any atom is 0.176 e. The van der Waals surface area contributed by atoms with Crippen LogP contribution in [0.4, 0.5) is 0 Å². The molecule has 0 aliphatic heterocycles. The standard InChI is InChI=1S/C14H18N6O2S/c1-19-5-3-13(17-19)20-9-11(16-18-20)12-10-23-14(15-12)4-6-22-8-7-21-2/h3,5,9-10H,4,6-8H2,1-2H3. The molecule has 0 aromatic carbocycles. The molecule has 0 saturated heterocycles. The first-order valence-corrected chi connectivity index (χ1v) is 8.08. The van der Waals surface area contributed by atoms with Gasteiger partial charge in [-0.1, -0.05) is 5.21 Å². The van der Waals surface area contributed by atoms with Gasteiger partial charge in [-0.25, -0.2) is 4.98 Å². The molecule has 8 nitrogen and oxygen atoms in total. The van der Waals surface area contributed by atoms with E-state index in [2.05, 4.69) is 20.4 Å². The molecular formula is C14H18N6O2S. The summed E-state index contributed by atoms with van der Waals surface area (Å²) in [6.07, 6.45) is 4.47. The molecule has 23 heavy (non-hydrogen) atoms. The summed E-state index contributed by atoms with van der Waals surface area (Å²) in [4.78, 5) is 4.58. The van der Waals surface area contributed by atoms with Gasteiger partial charge >= 0.3 is 0 Å². The quantitative estimate of drug-likeness (QED) is 0.578. The van der Waals surface area contributed by atoms with Crippen molar-refractivity contribution in [2.24, 2.45) is 7.05 Å². The van der Waals surface area contributed by atoms with Gasteiger partial charge in [0.15, 0.2) is 5.82 Å². The molecule has 3 heterocycles. The molecule has 122 valence electrons. The summed E-state index contributed by atoms with van der Waals surface area (Å²) in [5.41, 5.74) is 1.56. The first kappa shape index (κ1) is 15.8. The summed E-state index contributed by atoms with van der Waals surface area (Å²) in [5.74, 6) is 0.730. The molecule has 0 N–H and O–H groups in total. The van der Waals surface area contributed by atoms with Crippen LogP contribution in [-0.4, -0.2) is 56.7 Å². The molecule has 0 spiro atoms. The van der Waals surface area contributed by atoms with Crippen molar-refractivity contribution in [2.45, 2.75) is 6.42 Å². The summed E-state index contributed by atoms with van der Waals surface area (Å²) in [5, 5.41) is 15.6. The molecular weight excluding hydrogens is 316 g/mol. The van der Waals surface area contributed by atoms with Crippen molar-refractivity contribution in [3.05, 3.63) is 28.8 Å². The molecule has 0 bridgehead atoms. The zero-order chi connectivity index (χ0) is 16.1. The molecule has 3 rings (SSSR count). The third kappa shape index (κ3) is 4.01. The van der Waals surface area contributed by atoms with Crippen LogP contribution in [0.3, 0.4) is 0 Å². The summed E-state index contributed by atoms with van der Waals surface area (Å²) in [7, 11) is 3.53. The van der Waals surface area contributed by atoms with E-state index in [-0.39, 0.29) is 0 Å². The highest BCUT2D eigenvalue weighted by atomic mass is 32.1. The van der Waals surface area contributed by atoms with Gasteiger partial charge in [-0.3, -0.25) is 4.68 Å². The smallest absolute Gasteiger partial charge is 0.176 e. The normalized spacial score (nSPS) is 11.2. The maximum absolute atomic E-state index is 5.46. The van der Waals surface area contributed by atoms with E-state index in [1.165, 1.54) is 0 Å². The van der Waals surface area contributed by atoms with Crippen LogP contribution in [0.2, 0.25) is 0 Å². The van der Waals surface area contributed by atoms with Gasteiger partial charge in [-0.05, 0) is 0 Å². The average Bonchev–Trinajstić information content (AvgIpc) is 3.26. The predicted molar refractivity (Wildman–Crippen MR) is 85.6 cm³/mol. The molecule has 3 aromatic heterocycles. The Kier molecular flexibility index (Phi) is 5.11. The van der Waals surface area contributed by atoms with Crippen molar-refractivity contribution < 1.29 is 9.47 Å². The summed E-state index contributed by atoms with van der Waals surface area (Å²) in [6.45, 7) is 1.85. The number of hydrogen-bond donors (Lipinski definition) is 0. The van der Waals surface area contributed by atoms with E-state index in [0.29, 0.717) is 19.8 Å². The summed E-state index contributed by atoms with van der Waals surface area (Å²) < 4.78 is 13.8. The molecule has 0 saturated carbocycles. The van der Waals surface area contributed by atoms with Crippen molar-refractivity contribution in [3.63, 3.8) is 0 Å². The van der Waals surface area contributed by atoms with Crippen LogP contribution in [0.25, 0.3) is 17.2 Å². The van der Waals surface area contributed by atoms with Gasteiger partial charge in [0.2, 0.25) is 0 Å². The zero-order valence-electron chi connectivity index (χ0n) is 13.0. The van der Waals surface area contributed by atoms with Crippen LogP contribution in [0.15, 0.2) is 23.8 Å². The molecule has 0 atom stereocenters. The van der Waals surface area contributed by atoms with E-state index in [1.54, 1.807) is 27.8 Å². The van der Waals surface area contributed by atoms with E-state index in [0.717, 1.165) is 28.6 Å². The van der Waals surface area contributed by atoms with E-state index in [4.69, 9.17) is 9.47 Å². The van der Waals surface area contributed by atoms with Crippen molar-refractivity contribution in [1.82, 2.24) is 29.8 Å². The third-order valence-corrected chi connectivity index (χ3v) is 4.04. The Labute approximate surface area is 137 Å². The molecule has 0 amide bonds. The van der Waals surface area contributed by atoms with Crippen molar-refractivity contribution >= 4 is 11.3 Å². The minimum absolute atomic E-state index is 0.604. The second kappa shape index (κ2) is 7.44. The first-order chi connectivity index (χ1) is 11.3. The number of thiazole rings is 1. The Hall–Kier alpha value is -2.10. The highest BCUT2D eigenvalue weighted by molar-refractivity contribution is 7.09. The van der Waals surface area contributed by atoms with Crippen LogP contribution in [0.5, 0.6) is 0 Å². The van der Waals surface area contributed by atoms with Gasteiger partial charge in [0, 0.05) is 38.2 Å². The van der Waals surface area contributed by atoms with Gasteiger partial charge in [-0.2, -0.15) is 9.78 Å². The highest BCUT2D eigenvalue weighted by Gasteiger charge is 2.10. The van der Waals surface area contributed by atoms with E-state index in [9.17, 15) is 0 Å². The van der Waals surface area contributed by atoms with E-state index in [1.807, 2.05) is 30.9 Å². The topological polar surface area (TPSA) is 79.9 Å². The lowest BCUT2D eigenvalue weighted by Gasteiger charge is -2.00. The average molecular weight is 334 g/mol. The van der Waals surface area contributed by atoms with Crippen molar-refractivity contribution in [2.75, 3.05) is 26.9 Å². The monoisotopic (exact) mass is 334 g/mol. The molecule has 9 heteroatoms. The Morgan fingerprint density at radius 2 is 2.13 bits per heavy atom. The Balaban J connectivity index is 1.61. The molecule has 0 aliphatic rings. The van der Waals surface area contributed by atoms with Gasteiger partial charge in [0.25, 0.3) is 0 Å².